The van der Waals surface area contributed by atoms with Gasteiger partial charge in [-0.2, -0.15) is 0 Å². The lowest BCUT2D eigenvalue weighted by molar-refractivity contribution is 0.170. The van der Waals surface area contributed by atoms with Gasteiger partial charge in [0.15, 0.2) is 0 Å². The van der Waals surface area contributed by atoms with Crippen LogP contribution in [0.15, 0.2) is 42.6 Å². The first-order valence-electron chi connectivity index (χ1n) is 7.10. The van der Waals surface area contributed by atoms with Gasteiger partial charge in [-0.05, 0) is 24.5 Å². The van der Waals surface area contributed by atoms with Crippen molar-refractivity contribution >= 4 is 17.4 Å². The van der Waals surface area contributed by atoms with Gasteiger partial charge in [-0.25, -0.2) is 4.98 Å². The zero-order chi connectivity index (χ0) is 14.9. The number of halogens is 1. The second-order valence-corrected chi connectivity index (χ2v) is 6.04. The molecule has 1 aliphatic rings. The Labute approximate surface area is 129 Å². The summed E-state index contributed by atoms with van der Waals surface area (Å²) in [6.45, 7) is 0. The minimum absolute atomic E-state index is 0.0451. The van der Waals surface area contributed by atoms with Crippen LogP contribution in [0.3, 0.4) is 0 Å². The number of pyridine rings is 1. The number of nitrogen functional groups attached to an aromatic ring is 1. The smallest absolute Gasteiger partial charge is 0.128 e. The molecule has 0 aliphatic heterocycles. The first-order chi connectivity index (χ1) is 10.2. The van der Waals surface area contributed by atoms with Gasteiger partial charge in [-0.1, -0.05) is 48.4 Å². The monoisotopic (exact) mass is 302 g/mol. The lowest BCUT2D eigenvalue weighted by Gasteiger charge is -2.48. The second kappa shape index (κ2) is 5.64. The molecule has 1 saturated carbocycles. The van der Waals surface area contributed by atoms with Gasteiger partial charge < -0.3 is 5.73 Å². The Kier molecular flexibility index (Phi) is 3.85. The maximum absolute atomic E-state index is 6.09. The summed E-state index contributed by atoms with van der Waals surface area (Å²) in [4.78, 5) is 4.16. The van der Waals surface area contributed by atoms with E-state index in [2.05, 4.69) is 34.7 Å². The number of aromatic nitrogens is 1. The van der Waals surface area contributed by atoms with Crippen LogP contribution in [0.4, 0.5) is 5.82 Å². The molecule has 4 nitrogen and oxygen atoms in total. The first-order valence-corrected chi connectivity index (χ1v) is 7.48. The normalized spacial score (nSPS) is 18.0. The number of anilines is 1. The van der Waals surface area contributed by atoms with E-state index in [0.717, 1.165) is 18.4 Å². The summed E-state index contributed by atoms with van der Waals surface area (Å²) < 4.78 is 0. The number of hydrogen-bond acceptors (Lipinski definition) is 4. The molecule has 0 bridgehead atoms. The lowest BCUT2D eigenvalue weighted by atomic mass is 9.59. The average molecular weight is 303 g/mol. The number of hydrogen-bond donors (Lipinski definition) is 3. The molecule has 2 aromatic rings. The van der Waals surface area contributed by atoms with E-state index in [-0.39, 0.29) is 11.5 Å². The number of nitrogens with two attached hydrogens (primary N) is 2. The Bertz CT molecular complexity index is 625. The van der Waals surface area contributed by atoms with Crippen LogP contribution in [0.1, 0.15) is 36.4 Å². The van der Waals surface area contributed by atoms with Crippen LogP contribution in [-0.4, -0.2) is 4.98 Å². The molecule has 1 aromatic heterocycles. The van der Waals surface area contributed by atoms with Gasteiger partial charge in [0.05, 0.1) is 11.1 Å². The summed E-state index contributed by atoms with van der Waals surface area (Å²) in [6, 6.07) is 12.2. The molecule has 21 heavy (non-hydrogen) atoms. The van der Waals surface area contributed by atoms with Crippen molar-refractivity contribution in [2.24, 2.45) is 5.84 Å². The lowest BCUT2D eigenvalue weighted by Crippen LogP contribution is -2.49. The molecular formula is C16H19ClN4. The fraction of sp³-hybridized carbons (Fsp3) is 0.312. The predicted octanol–water partition coefficient (Wildman–Crippen LogP) is 2.94. The Morgan fingerprint density at radius 1 is 1.24 bits per heavy atom. The molecule has 3 rings (SSSR count). The zero-order valence-electron chi connectivity index (χ0n) is 11.7. The molecule has 1 aromatic carbocycles. The molecule has 5 heteroatoms. The van der Waals surface area contributed by atoms with Crippen LogP contribution in [-0.2, 0) is 5.41 Å². The fourth-order valence-corrected chi connectivity index (χ4v) is 3.48. The van der Waals surface area contributed by atoms with Crippen LogP contribution in [0, 0.1) is 0 Å². The zero-order valence-corrected chi connectivity index (χ0v) is 12.5. The maximum Gasteiger partial charge on any atom is 0.128 e. The van der Waals surface area contributed by atoms with Crippen molar-refractivity contribution in [2.75, 3.05) is 5.73 Å². The number of rotatable bonds is 4. The van der Waals surface area contributed by atoms with E-state index in [4.69, 9.17) is 23.2 Å². The van der Waals surface area contributed by atoms with Crippen LogP contribution in [0.2, 0.25) is 5.02 Å². The van der Waals surface area contributed by atoms with Crippen molar-refractivity contribution in [1.82, 2.24) is 10.4 Å². The van der Waals surface area contributed by atoms with Gasteiger partial charge in [0.2, 0.25) is 0 Å². The van der Waals surface area contributed by atoms with Gasteiger partial charge in [0.1, 0.15) is 5.82 Å². The summed E-state index contributed by atoms with van der Waals surface area (Å²) in [6.07, 6.45) is 4.88. The summed E-state index contributed by atoms with van der Waals surface area (Å²) in [7, 11) is 0. The van der Waals surface area contributed by atoms with Crippen LogP contribution in [0.5, 0.6) is 0 Å². The fourth-order valence-electron chi connectivity index (χ4n) is 3.32. The summed E-state index contributed by atoms with van der Waals surface area (Å²) in [5.41, 5.74) is 11.1. The maximum atomic E-state index is 6.09. The molecule has 0 radical (unpaired) electrons. The van der Waals surface area contributed by atoms with Crippen molar-refractivity contribution in [3.63, 3.8) is 0 Å². The van der Waals surface area contributed by atoms with Gasteiger partial charge in [-0.15, -0.1) is 0 Å². The Hall–Kier alpha value is -1.62. The van der Waals surface area contributed by atoms with E-state index in [9.17, 15) is 0 Å². The summed E-state index contributed by atoms with van der Waals surface area (Å²) in [5, 5.41) is 0.571. The Morgan fingerprint density at radius 3 is 2.52 bits per heavy atom. The van der Waals surface area contributed by atoms with E-state index < -0.39 is 0 Å². The van der Waals surface area contributed by atoms with E-state index in [1.54, 1.807) is 6.20 Å². The SMILES string of the molecule is NNC(c1cc(Cl)cnc1N)C1(c2ccccc2)CCC1. The average Bonchev–Trinajstić information content (AvgIpc) is 2.46. The summed E-state index contributed by atoms with van der Waals surface area (Å²) in [5.74, 6) is 6.36. The third-order valence-corrected chi connectivity index (χ3v) is 4.75. The number of benzene rings is 1. The predicted molar refractivity (Wildman–Crippen MR) is 85.7 cm³/mol. The second-order valence-electron chi connectivity index (χ2n) is 5.60. The van der Waals surface area contributed by atoms with Crippen LogP contribution in [0.25, 0.3) is 0 Å². The number of hydrazine groups is 1. The van der Waals surface area contributed by atoms with Crippen molar-refractivity contribution < 1.29 is 0 Å². The molecular weight excluding hydrogens is 284 g/mol. The van der Waals surface area contributed by atoms with Crippen molar-refractivity contribution in [3.8, 4) is 0 Å². The largest absolute Gasteiger partial charge is 0.383 e. The van der Waals surface area contributed by atoms with E-state index in [1.165, 1.54) is 12.0 Å². The Morgan fingerprint density at radius 2 is 1.95 bits per heavy atom. The first kappa shape index (κ1) is 14.3. The Balaban J connectivity index is 2.08. The molecule has 0 spiro atoms. The van der Waals surface area contributed by atoms with E-state index >= 15 is 0 Å². The van der Waals surface area contributed by atoms with E-state index in [1.807, 2.05) is 12.1 Å². The molecule has 1 fully saturated rings. The van der Waals surface area contributed by atoms with Crippen LogP contribution < -0.4 is 17.0 Å². The molecule has 1 atom stereocenters. The quantitative estimate of drug-likeness (QED) is 0.599. The van der Waals surface area contributed by atoms with Crippen molar-refractivity contribution in [1.29, 1.82) is 0 Å². The van der Waals surface area contributed by atoms with Crippen molar-refractivity contribution in [2.45, 2.75) is 30.7 Å². The number of nitrogens with one attached hydrogen (secondary N) is 1. The third kappa shape index (κ3) is 2.39. The minimum atomic E-state index is -0.0974. The molecule has 110 valence electrons. The molecule has 0 amide bonds. The molecule has 1 aliphatic carbocycles. The third-order valence-electron chi connectivity index (χ3n) is 4.54. The van der Waals surface area contributed by atoms with Gasteiger partial charge in [-0.3, -0.25) is 11.3 Å². The van der Waals surface area contributed by atoms with Gasteiger partial charge in [0, 0.05) is 17.2 Å². The highest BCUT2D eigenvalue weighted by Gasteiger charge is 2.46. The topological polar surface area (TPSA) is 77.0 Å². The highest BCUT2D eigenvalue weighted by molar-refractivity contribution is 6.30. The van der Waals surface area contributed by atoms with Gasteiger partial charge >= 0.3 is 0 Å². The minimum Gasteiger partial charge on any atom is -0.383 e. The molecule has 1 unspecified atom stereocenters. The van der Waals surface area contributed by atoms with Crippen LogP contribution >= 0.6 is 11.6 Å². The highest BCUT2D eigenvalue weighted by Crippen LogP contribution is 2.52. The molecule has 5 N–H and O–H groups in total. The molecule has 1 heterocycles. The highest BCUT2D eigenvalue weighted by atomic mass is 35.5. The standard InChI is InChI=1S/C16H19ClN4/c17-12-9-13(15(18)20-10-12)14(21-19)16(7-4-8-16)11-5-2-1-3-6-11/h1-3,5-6,9-10,14,21H,4,7-8,19H2,(H2,18,20). The van der Waals surface area contributed by atoms with Gasteiger partial charge in [0.25, 0.3) is 0 Å². The summed E-state index contributed by atoms with van der Waals surface area (Å²) >= 11 is 6.09. The van der Waals surface area contributed by atoms with E-state index in [0.29, 0.717) is 10.8 Å². The number of nitrogens with zero attached hydrogens (tertiary/aromatic N) is 1. The van der Waals surface area contributed by atoms with Crippen molar-refractivity contribution in [3.05, 3.63) is 58.7 Å². The molecule has 0 saturated heterocycles.